The molecule has 3 nitrogen and oxygen atoms in total. The van der Waals surface area contributed by atoms with Crippen LogP contribution >= 0.6 is 0 Å². The van der Waals surface area contributed by atoms with Gasteiger partial charge in [-0.3, -0.25) is 4.79 Å². The SMILES string of the molecule is CS(=O)(=O)c1ccc(C(=O)c2cccc(F)c2)cc1. The van der Waals surface area contributed by atoms with Crippen LogP contribution in [-0.2, 0) is 9.84 Å². The van der Waals surface area contributed by atoms with E-state index in [2.05, 4.69) is 0 Å². The van der Waals surface area contributed by atoms with Gasteiger partial charge in [0.2, 0.25) is 0 Å². The van der Waals surface area contributed by atoms with E-state index in [1.807, 2.05) is 0 Å². The smallest absolute Gasteiger partial charge is 0.193 e. The lowest BCUT2D eigenvalue weighted by Crippen LogP contribution is -2.03. The van der Waals surface area contributed by atoms with Crippen LogP contribution in [-0.4, -0.2) is 20.5 Å². The van der Waals surface area contributed by atoms with E-state index in [4.69, 9.17) is 0 Å². The maximum Gasteiger partial charge on any atom is 0.193 e. The number of halogens is 1. The molecular formula is C14H11FO3S. The number of sulfone groups is 1. The normalized spacial score (nSPS) is 11.3. The summed E-state index contributed by atoms with van der Waals surface area (Å²) in [6.07, 6.45) is 1.09. The van der Waals surface area contributed by atoms with E-state index in [-0.39, 0.29) is 16.2 Å². The Kier molecular flexibility index (Phi) is 3.48. The Hall–Kier alpha value is -2.01. The molecule has 0 heterocycles. The Labute approximate surface area is 110 Å². The summed E-state index contributed by atoms with van der Waals surface area (Å²) in [5.74, 6) is -0.835. The van der Waals surface area contributed by atoms with Crippen molar-refractivity contribution >= 4 is 15.6 Å². The summed E-state index contributed by atoms with van der Waals surface area (Å²) in [5, 5.41) is 0. The topological polar surface area (TPSA) is 51.2 Å². The predicted octanol–water partition coefficient (Wildman–Crippen LogP) is 2.46. The molecule has 0 aliphatic carbocycles. The zero-order valence-electron chi connectivity index (χ0n) is 10.1. The second kappa shape index (κ2) is 4.93. The minimum atomic E-state index is -3.29. The zero-order valence-corrected chi connectivity index (χ0v) is 10.9. The van der Waals surface area contributed by atoms with Crippen molar-refractivity contribution in [3.63, 3.8) is 0 Å². The zero-order chi connectivity index (χ0) is 14.0. The van der Waals surface area contributed by atoms with E-state index in [9.17, 15) is 17.6 Å². The minimum Gasteiger partial charge on any atom is -0.289 e. The van der Waals surface area contributed by atoms with Crippen LogP contribution in [0.25, 0.3) is 0 Å². The Balaban J connectivity index is 2.35. The molecule has 5 heteroatoms. The molecule has 0 aliphatic rings. The Morgan fingerprint density at radius 1 is 1.00 bits per heavy atom. The minimum absolute atomic E-state index is 0.142. The third-order valence-corrected chi connectivity index (χ3v) is 3.76. The van der Waals surface area contributed by atoms with Gasteiger partial charge in [-0.25, -0.2) is 12.8 Å². The highest BCUT2D eigenvalue weighted by Gasteiger charge is 2.12. The van der Waals surface area contributed by atoms with E-state index >= 15 is 0 Å². The number of hydrogen-bond acceptors (Lipinski definition) is 3. The first kappa shape index (κ1) is 13.4. The van der Waals surface area contributed by atoms with Gasteiger partial charge in [-0.15, -0.1) is 0 Å². The highest BCUT2D eigenvalue weighted by Crippen LogP contribution is 2.14. The fourth-order valence-corrected chi connectivity index (χ4v) is 2.28. The third kappa shape index (κ3) is 3.06. The molecule has 0 saturated heterocycles. The van der Waals surface area contributed by atoms with Crippen molar-refractivity contribution in [2.75, 3.05) is 6.26 Å². The van der Waals surface area contributed by atoms with Crippen LogP contribution in [0.4, 0.5) is 4.39 Å². The van der Waals surface area contributed by atoms with Crippen LogP contribution in [0, 0.1) is 5.82 Å². The molecule has 0 N–H and O–H groups in total. The summed E-state index contributed by atoms with van der Waals surface area (Å²) in [6.45, 7) is 0. The summed E-state index contributed by atoms with van der Waals surface area (Å²) >= 11 is 0. The van der Waals surface area contributed by atoms with Crippen LogP contribution in [0.3, 0.4) is 0 Å². The van der Waals surface area contributed by atoms with Gasteiger partial charge in [-0.05, 0) is 36.4 Å². The van der Waals surface area contributed by atoms with Gasteiger partial charge in [-0.1, -0.05) is 12.1 Å². The fraction of sp³-hybridized carbons (Fsp3) is 0.0714. The van der Waals surface area contributed by atoms with Crippen molar-refractivity contribution in [1.29, 1.82) is 0 Å². The number of carbonyl (C=O) groups is 1. The van der Waals surface area contributed by atoms with Crippen molar-refractivity contribution in [2.24, 2.45) is 0 Å². The van der Waals surface area contributed by atoms with Crippen molar-refractivity contribution in [2.45, 2.75) is 4.90 Å². The van der Waals surface area contributed by atoms with Gasteiger partial charge < -0.3 is 0 Å². The largest absolute Gasteiger partial charge is 0.289 e. The average Bonchev–Trinajstić information content (AvgIpc) is 2.37. The maximum atomic E-state index is 13.0. The quantitative estimate of drug-likeness (QED) is 0.810. The van der Waals surface area contributed by atoms with Gasteiger partial charge in [0, 0.05) is 17.4 Å². The van der Waals surface area contributed by atoms with Crippen molar-refractivity contribution in [3.8, 4) is 0 Å². The number of benzene rings is 2. The van der Waals surface area contributed by atoms with Gasteiger partial charge in [0.25, 0.3) is 0 Å². The molecule has 0 spiro atoms. The Bertz CT molecular complexity index is 719. The molecule has 2 aromatic rings. The van der Waals surface area contributed by atoms with Crippen LogP contribution in [0.2, 0.25) is 0 Å². The molecule has 2 aromatic carbocycles. The molecule has 0 radical (unpaired) electrons. The molecule has 0 amide bonds. The van der Waals surface area contributed by atoms with Gasteiger partial charge in [0.05, 0.1) is 4.90 Å². The number of rotatable bonds is 3. The van der Waals surface area contributed by atoms with Crippen molar-refractivity contribution < 1.29 is 17.6 Å². The average molecular weight is 278 g/mol. The first-order chi connectivity index (χ1) is 8.88. The molecule has 98 valence electrons. The Morgan fingerprint density at radius 2 is 1.63 bits per heavy atom. The van der Waals surface area contributed by atoms with Crippen LogP contribution < -0.4 is 0 Å². The number of carbonyl (C=O) groups excluding carboxylic acids is 1. The monoisotopic (exact) mass is 278 g/mol. The molecule has 0 aromatic heterocycles. The molecular weight excluding hydrogens is 267 g/mol. The molecule has 0 fully saturated rings. The van der Waals surface area contributed by atoms with Gasteiger partial charge in [-0.2, -0.15) is 0 Å². The van der Waals surface area contributed by atoms with Crippen molar-refractivity contribution in [3.05, 3.63) is 65.5 Å². The molecule has 2 rings (SSSR count). The van der Waals surface area contributed by atoms with E-state index < -0.39 is 15.7 Å². The third-order valence-electron chi connectivity index (χ3n) is 2.63. The van der Waals surface area contributed by atoms with Crippen LogP contribution in [0.15, 0.2) is 53.4 Å². The molecule has 0 aliphatic heterocycles. The van der Waals surface area contributed by atoms with E-state index in [1.54, 1.807) is 0 Å². The summed E-state index contributed by atoms with van der Waals surface area (Å²) < 4.78 is 35.6. The molecule has 0 bridgehead atoms. The number of ketones is 1. The maximum absolute atomic E-state index is 13.0. The highest BCUT2D eigenvalue weighted by molar-refractivity contribution is 7.90. The summed E-state index contributed by atoms with van der Waals surface area (Å²) in [6, 6.07) is 10.9. The van der Waals surface area contributed by atoms with E-state index in [0.29, 0.717) is 5.56 Å². The summed E-state index contributed by atoms with van der Waals surface area (Å²) in [7, 11) is -3.29. The van der Waals surface area contributed by atoms with E-state index in [1.165, 1.54) is 42.5 Å². The lowest BCUT2D eigenvalue weighted by molar-refractivity contribution is 0.103. The van der Waals surface area contributed by atoms with Gasteiger partial charge in [0.15, 0.2) is 15.6 Å². The van der Waals surface area contributed by atoms with Crippen LogP contribution in [0.1, 0.15) is 15.9 Å². The fourth-order valence-electron chi connectivity index (χ4n) is 1.65. The summed E-state index contributed by atoms with van der Waals surface area (Å²) in [5.41, 5.74) is 0.546. The van der Waals surface area contributed by atoms with Crippen LogP contribution in [0.5, 0.6) is 0 Å². The highest BCUT2D eigenvalue weighted by atomic mass is 32.2. The summed E-state index contributed by atoms with van der Waals surface area (Å²) in [4.78, 5) is 12.2. The van der Waals surface area contributed by atoms with Crippen molar-refractivity contribution in [1.82, 2.24) is 0 Å². The Morgan fingerprint density at radius 3 is 2.16 bits per heavy atom. The number of hydrogen-bond donors (Lipinski definition) is 0. The molecule has 0 unspecified atom stereocenters. The van der Waals surface area contributed by atoms with Gasteiger partial charge in [0.1, 0.15) is 5.82 Å². The standard InChI is InChI=1S/C14H11FO3S/c1-19(17,18)13-7-5-10(6-8-13)14(16)11-3-2-4-12(15)9-11/h2-9H,1H3. The lowest BCUT2D eigenvalue weighted by atomic mass is 10.0. The van der Waals surface area contributed by atoms with E-state index in [0.717, 1.165) is 12.3 Å². The first-order valence-corrected chi connectivity index (χ1v) is 7.37. The molecule has 0 saturated carbocycles. The second-order valence-corrected chi connectivity index (χ2v) is 6.15. The molecule has 19 heavy (non-hydrogen) atoms. The van der Waals surface area contributed by atoms with Gasteiger partial charge >= 0.3 is 0 Å². The first-order valence-electron chi connectivity index (χ1n) is 5.48. The lowest BCUT2D eigenvalue weighted by Gasteiger charge is -2.03. The molecule has 0 atom stereocenters. The second-order valence-electron chi connectivity index (χ2n) is 4.14. The predicted molar refractivity (Wildman–Crippen MR) is 69.4 cm³/mol.